The Morgan fingerprint density at radius 2 is 1.06 bits per heavy atom. The van der Waals surface area contributed by atoms with Gasteiger partial charge in [-0.25, -0.2) is 0 Å². The van der Waals surface area contributed by atoms with Gasteiger partial charge in [-0.2, -0.15) is 0 Å². The molecule has 0 bridgehead atoms. The zero-order chi connectivity index (χ0) is 14.0. The summed E-state index contributed by atoms with van der Waals surface area (Å²) in [5.74, 6) is 0. The average molecular weight is 454 g/mol. The van der Waals surface area contributed by atoms with E-state index in [4.69, 9.17) is 4.52 Å². The standard InChI is InChI=1S/C12H28INP2Se/c1-9(2)15(13,10(3)4)14-16(17,11(5)6)12(7)8/h9-12H,1-8H3. The van der Waals surface area contributed by atoms with Crippen LogP contribution < -0.4 is 0 Å². The molecule has 1 nitrogen and oxygen atoms in total. The number of nitrogens with zero attached hydrogens (tertiary/aromatic N) is 1. The van der Waals surface area contributed by atoms with E-state index in [2.05, 4.69) is 92.5 Å². The molecule has 0 amide bonds. The Morgan fingerprint density at radius 1 is 0.765 bits per heavy atom. The molecule has 0 radical (unpaired) electrons. The molecule has 5 heteroatoms. The normalized spacial score (nSPS) is 14.2. The van der Waals surface area contributed by atoms with Crippen LogP contribution in [0.3, 0.4) is 0 Å². The van der Waals surface area contributed by atoms with Crippen LogP contribution in [0.5, 0.6) is 0 Å². The molecule has 104 valence electrons. The number of halogens is 1. The fourth-order valence-electron chi connectivity index (χ4n) is 1.82. The van der Waals surface area contributed by atoms with E-state index in [-0.39, 0.29) is 0 Å². The molecule has 0 aliphatic heterocycles. The van der Waals surface area contributed by atoms with Crippen LogP contribution in [0.25, 0.3) is 0 Å². The number of hydrogen-bond acceptors (Lipinski definition) is 1. The Hall–Kier alpha value is 1.91. The van der Waals surface area contributed by atoms with Gasteiger partial charge in [-0.05, 0) is 0 Å². The van der Waals surface area contributed by atoms with E-state index in [9.17, 15) is 0 Å². The van der Waals surface area contributed by atoms with E-state index >= 15 is 0 Å². The molecule has 0 aromatic carbocycles. The van der Waals surface area contributed by atoms with Gasteiger partial charge in [-0.3, -0.25) is 0 Å². The van der Waals surface area contributed by atoms with Gasteiger partial charge in [-0.1, -0.05) is 0 Å². The molecular weight excluding hydrogens is 426 g/mol. The summed E-state index contributed by atoms with van der Waals surface area (Å²) in [5.41, 5.74) is 1.40. The summed E-state index contributed by atoms with van der Waals surface area (Å²) in [5, 5.41) is 0. The summed E-state index contributed by atoms with van der Waals surface area (Å²) in [4.78, 5) is 0. The Bertz CT molecular complexity index is 324. The van der Waals surface area contributed by atoms with Crippen molar-refractivity contribution in [3.8, 4) is 0 Å². The zero-order valence-electron chi connectivity index (χ0n) is 12.4. The van der Waals surface area contributed by atoms with E-state index in [0.717, 1.165) is 0 Å². The van der Waals surface area contributed by atoms with Gasteiger partial charge in [0, 0.05) is 0 Å². The van der Waals surface area contributed by atoms with Crippen LogP contribution in [0, 0.1) is 0 Å². The first-order valence-corrected chi connectivity index (χ1v) is 15.2. The van der Waals surface area contributed by atoms with Gasteiger partial charge >= 0.3 is 130 Å². The van der Waals surface area contributed by atoms with Crippen LogP contribution in [0.1, 0.15) is 55.4 Å². The van der Waals surface area contributed by atoms with Gasteiger partial charge < -0.3 is 0 Å². The zero-order valence-corrected chi connectivity index (χ0v) is 18.1. The van der Waals surface area contributed by atoms with Gasteiger partial charge in [0.2, 0.25) is 0 Å². The summed E-state index contributed by atoms with van der Waals surface area (Å²) < 4.78 is 4.26. The van der Waals surface area contributed by atoms with Crippen molar-refractivity contribution in [3.05, 3.63) is 0 Å². The molecule has 17 heavy (non-hydrogen) atoms. The second kappa shape index (κ2) is 7.07. The molecule has 0 aliphatic carbocycles. The second-order valence-electron chi connectivity index (χ2n) is 5.79. The molecule has 0 saturated heterocycles. The summed E-state index contributed by atoms with van der Waals surface area (Å²) in [6, 6.07) is 0. The SMILES string of the molecule is CC(C)P(=[Se])(N=P(I)(C(C)C)C(C)C)C(C)C. The van der Waals surface area contributed by atoms with Crippen LogP contribution in [0.2, 0.25) is 0 Å². The summed E-state index contributed by atoms with van der Waals surface area (Å²) in [6.45, 7) is 18.7. The second-order valence-corrected chi connectivity index (χ2v) is 21.6. The summed E-state index contributed by atoms with van der Waals surface area (Å²) >= 11 is 6.22. The van der Waals surface area contributed by atoms with Gasteiger partial charge in [0.15, 0.2) is 0 Å². The topological polar surface area (TPSA) is 12.4 Å². The van der Waals surface area contributed by atoms with Gasteiger partial charge in [0.1, 0.15) is 0 Å². The molecule has 0 aromatic heterocycles. The van der Waals surface area contributed by atoms with Crippen LogP contribution in [0.4, 0.5) is 0 Å². The van der Waals surface area contributed by atoms with Crippen LogP contribution in [-0.4, -0.2) is 37.7 Å². The van der Waals surface area contributed by atoms with E-state index in [0.29, 0.717) is 22.6 Å². The molecule has 0 atom stereocenters. The van der Waals surface area contributed by atoms with Gasteiger partial charge in [0.05, 0.1) is 0 Å². The van der Waals surface area contributed by atoms with Crippen LogP contribution in [-0.2, 0) is 0 Å². The van der Waals surface area contributed by atoms with Crippen molar-refractivity contribution in [2.45, 2.75) is 78.0 Å². The number of rotatable bonds is 5. The van der Waals surface area contributed by atoms with E-state index < -0.39 is 10.4 Å². The maximum atomic E-state index is 5.49. The predicted molar refractivity (Wildman–Crippen MR) is 96.6 cm³/mol. The minimum atomic E-state index is -1.30. The third-order valence-electron chi connectivity index (χ3n) is 3.21. The molecule has 0 saturated carbocycles. The summed E-state index contributed by atoms with van der Waals surface area (Å²) in [7, 11) is 0. The van der Waals surface area contributed by atoms with Crippen molar-refractivity contribution in [2.75, 3.05) is 0 Å². The number of hydrogen-bond donors (Lipinski definition) is 0. The van der Waals surface area contributed by atoms with Crippen molar-refractivity contribution in [3.63, 3.8) is 0 Å². The van der Waals surface area contributed by atoms with E-state index in [1.165, 1.54) is 0 Å². The summed E-state index contributed by atoms with van der Waals surface area (Å²) in [6.07, 6.45) is 0. The Balaban J connectivity index is 5.83. The first-order valence-electron chi connectivity index (χ1n) is 6.40. The fraction of sp³-hybridized carbons (Fsp3) is 1.00. The Morgan fingerprint density at radius 3 is 1.24 bits per heavy atom. The van der Waals surface area contributed by atoms with Crippen molar-refractivity contribution < 1.29 is 0 Å². The quantitative estimate of drug-likeness (QED) is 0.267. The minimum absolute atomic E-state index is 0.661. The third-order valence-corrected chi connectivity index (χ3v) is 26.4. The van der Waals surface area contributed by atoms with E-state index in [1.807, 2.05) is 0 Å². The Kier molecular flexibility index (Phi) is 7.87. The first-order chi connectivity index (χ1) is 7.48. The molecule has 0 unspecified atom stereocenters. The fourth-order valence-corrected chi connectivity index (χ4v) is 17.0. The van der Waals surface area contributed by atoms with Crippen molar-refractivity contribution >= 4 is 47.5 Å². The molecule has 0 aromatic rings. The molecule has 0 rings (SSSR count). The first kappa shape index (κ1) is 18.9. The molecule has 0 spiro atoms. The van der Waals surface area contributed by atoms with Crippen molar-refractivity contribution in [2.24, 2.45) is 4.52 Å². The molecule has 0 heterocycles. The van der Waals surface area contributed by atoms with Crippen molar-refractivity contribution in [1.82, 2.24) is 0 Å². The molecule has 0 fully saturated rings. The average Bonchev–Trinajstić information content (AvgIpc) is 2.15. The molecule has 0 aliphatic rings. The van der Waals surface area contributed by atoms with E-state index in [1.54, 1.807) is 0 Å². The van der Waals surface area contributed by atoms with Crippen molar-refractivity contribution in [1.29, 1.82) is 0 Å². The monoisotopic (exact) mass is 455 g/mol. The molecule has 0 N–H and O–H groups in total. The van der Waals surface area contributed by atoms with Crippen LogP contribution >= 0.6 is 32.4 Å². The van der Waals surface area contributed by atoms with Gasteiger partial charge in [0.25, 0.3) is 0 Å². The third kappa shape index (κ3) is 4.45. The van der Waals surface area contributed by atoms with Crippen LogP contribution in [0.15, 0.2) is 4.52 Å². The van der Waals surface area contributed by atoms with Gasteiger partial charge in [-0.15, -0.1) is 0 Å². The maximum absolute atomic E-state index is 5.49. The molecular formula is C12H28INP2Se. The Labute approximate surface area is 129 Å². The predicted octanol–water partition coefficient (Wildman–Crippen LogP) is 6.19.